The van der Waals surface area contributed by atoms with Crippen LogP contribution in [-0.4, -0.2) is 37.9 Å². The molecule has 5 nitrogen and oxygen atoms in total. The van der Waals surface area contributed by atoms with Gasteiger partial charge >= 0.3 is 5.97 Å². The summed E-state index contributed by atoms with van der Waals surface area (Å²) in [5.41, 5.74) is 0. The van der Waals surface area contributed by atoms with Crippen LogP contribution in [0.2, 0.25) is 0 Å². The SMILES string of the molecule is CCOC(=O)CN(C1CC1)S(=O)(=O)c1ccc(C)s1. The molecule has 0 spiro atoms. The quantitative estimate of drug-likeness (QED) is 0.751. The first-order chi connectivity index (χ1) is 8.95. The number of nitrogens with zero attached hydrogens (tertiary/aromatic N) is 1. The van der Waals surface area contributed by atoms with Crippen molar-refractivity contribution in [2.45, 2.75) is 36.9 Å². The van der Waals surface area contributed by atoms with E-state index in [2.05, 4.69) is 0 Å². The third kappa shape index (κ3) is 3.34. The van der Waals surface area contributed by atoms with E-state index < -0.39 is 16.0 Å². The monoisotopic (exact) mass is 303 g/mol. The molecule has 1 saturated carbocycles. The van der Waals surface area contributed by atoms with Gasteiger partial charge < -0.3 is 4.74 Å². The summed E-state index contributed by atoms with van der Waals surface area (Å²) in [6.07, 6.45) is 1.62. The summed E-state index contributed by atoms with van der Waals surface area (Å²) >= 11 is 1.23. The lowest BCUT2D eigenvalue weighted by atomic mass is 10.5. The molecule has 1 aromatic rings. The molecule has 1 aliphatic rings. The second-order valence-corrected chi connectivity index (χ2v) is 7.86. The number of carbonyl (C=O) groups is 1. The van der Waals surface area contributed by atoms with Gasteiger partial charge in [0.15, 0.2) is 0 Å². The second-order valence-electron chi connectivity index (χ2n) is 4.45. The molecular formula is C12H17NO4S2. The van der Waals surface area contributed by atoms with Crippen molar-refractivity contribution in [1.29, 1.82) is 0 Å². The van der Waals surface area contributed by atoms with Crippen molar-refractivity contribution >= 4 is 27.3 Å². The van der Waals surface area contributed by atoms with Gasteiger partial charge in [-0.2, -0.15) is 4.31 Å². The number of aryl methyl sites for hydroxylation is 1. The highest BCUT2D eigenvalue weighted by Crippen LogP contribution is 2.34. The average Bonchev–Trinajstić information content (AvgIpc) is 3.07. The normalized spacial score (nSPS) is 15.7. The van der Waals surface area contributed by atoms with E-state index in [1.165, 1.54) is 15.6 Å². The Kier molecular flexibility index (Phi) is 4.27. The van der Waals surface area contributed by atoms with E-state index >= 15 is 0 Å². The van der Waals surface area contributed by atoms with Gasteiger partial charge in [-0.3, -0.25) is 4.79 Å². The first-order valence-electron chi connectivity index (χ1n) is 6.19. The molecule has 1 heterocycles. The van der Waals surface area contributed by atoms with Crippen LogP contribution >= 0.6 is 11.3 Å². The van der Waals surface area contributed by atoms with Gasteiger partial charge in [0.2, 0.25) is 0 Å². The summed E-state index contributed by atoms with van der Waals surface area (Å²) in [7, 11) is -3.58. The minimum Gasteiger partial charge on any atom is -0.465 e. The molecule has 106 valence electrons. The Balaban J connectivity index is 2.21. The van der Waals surface area contributed by atoms with E-state index in [0.717, 1.165) is 17.7 Å². The topological polar surface area (TPSA) is 63.7 Å². The number of hydrogen-bond acceptors (Lipinski definition) is 5. The third-order valence-corrected chi connectivity index (χ3v) is 6.19. The lowest BCUT2D eigenvalue weighted by Crippen LogP contribution is -2.37. The largest absolute Gasteiger partial charge is 0.465 e. The Morgan fingerprint density at radius 1 is 1.47 bits per heavy atom. The molecule has 0 aliphatic heterocycles. The van der Waals surface area contributed by atoms with Crippen LogP contribution in [0.4, 0.5) is 0 Å². The fraction of sp³-hybridized carbons (Fsp3) is 0.583. The van der Waals surface area contributed by atoms with Gasteiger partial charge in [0.05, 0.1) is 6.61 Å². The molecule has 1 fully saturated rings. The summed E-state index contributed by atoms with van der Waals surface area (Å²) in [6.45, 7) is 3.63. The van der Waals surface area contributed by atoms with Crippen LogP contribution in [0, 0.1) is 6.92 Å². The highest BCUT2D eigenvalue weighted by molar-refractivity contribution is 7.91. The van der Waals surface area contributed by atoms with Crippen molar-refractivity contribution in [2.75, 3.05) is 13.2 Å². The summed E-state index contributed by atoms with van der Waals surface area (Å²) in [4.78, 5) is 12.5. The Morgan fingerprint density at radius 2 is 2.16 bits per heavy atom. The molecule has 7 heteroatoms. The van der Waals surface area contributed by atoms with Crippen LogP contribution in [0.25, 0.3) is 0 Å². The summed E-state index contributed by atoms with van der Waals surface area (Å²) in [5, 5.41) is 0. The summed E-state index contributed by atoms with van der Waals surface area (Å²) < 4.78 is 31.4. The molecule has 0 radical (unpaired) electrons. The van der Waals surface area contributed by atoms with Crippen molar-refractivity contribution in [2.24, 2.45) is 0 Å². The van der Waals surface area contributed by atoms with E-state index in [-0.39, 0.29) is 19.2 Å². The van der Waals surface area contributed by atoms with Gasteiger partial charge in [-0.25, -0.2) is 8.42 Å². The Labute approximate surface area is 117 Å². The van der Waals surface area contributed by atoms with E-state index in [0.29, 0.717) is 4.21 Å². The summed E-state index contributed by atoms with van der Waals surface area (Å²) in [5.74, 6) is -0.494. The Morgan fingerprint density at radius 3 is 2.63 bits per heavy atom. The predicted octanol–water partition coefficient (Wildman–Crippen LogP) is 1.77. The molecule has 0 aromatic carbocycles. The molecule has 19 heavy (non-hydrogen) atoms. The van der Waals surface area contributed by atoms with Gasteiger partial charge in [0.25, 0.3) is 10.0 Å². The number of sulfonamides is 1. The van der Waals surface area contributed by atoms with Crippen LogP contribution in [0.3, 0.4) is 0 Å². The first kappa shape index (κ1) is 14.5. The molecule has 2 rings (SSSR count). The van der Waals surface area contributed by atoms with E-state index in [9.17, 15) is 13.2 Å². The standard InChI is InChI=1S/C12H17NO4S2/c1-3-17-11(14)8-13(10-5-6-10)19(15,16)12-7-4-9(2)18-12/h4,7,10H,3,5-6,8H2,1-2H3. The molecule has 0 N–H and O–H groups in total. The molecule has 0 unspecified atom stereocenters. The fourth-order valence-electron chi connectivity index (χ4n) is 1.77. The van der Waals surface area contributed by atoms with Crippen LogP contribution < -0.4 is 0 Å². The van der Waals surface area contributed by atoms with Gasteiger partial charge in [-0.1, -0.05) is 0 Å². The van der Waals surface area contributed by atoms with Crippen LogP contribution in [0.5, 0.6) is 0 Å². The number of ether oxygens (including phenoxy) is 1. The van der Waals surface area contributed by atoms with E-state index in [1.54, 1.807) is 19.1 Å². The second kappa shape index (κ2) is 5.60. The highest BCUT2D eigenvalue weighted by Gasteiger charge is 2.40. The van der Waals surface area contributed by atoms with Gasteiger partial charge in [0.1, 0.15) is 10.8 Å². The maximum Gasteiger partial charge on any atom is 0.321 e. The van der Waals surface area contributed by atoms with Crippen LogP contribution in [-0.2, 0) is 19.6 Å². The smallest absolute Gasteiger partial charge is 0.321 e. The molecule has 1 aliphatic carbocycles. The zero-order valence-electron chi connectivity index (χ0n) is 11.0. The molecule has 1 aromatic heterocycles. The summed E-state index contributed by atoms with van der Waals surface area (Å²) in [6, 6.07) is 3.31. The maximum atomic E-state index is 12.5. The first-order valence-corrected chi connectivity index (χ1v) is 8.44. The van der Waals surface area contributed by atoms with Gasteiger partial charge in [0, 0.05) is 10.9 Å². The molecule has 0 bridgehead atoms. The zero-order valence-corrected chi connectivity index (χ0v) is 12.6. The number of carbonyl (C=O) groups excluding carboxylic acids is 1. The lowest BCUT2D eigenvalue weighted by molar-refractivity contribution is -0.143. The number of rotatable bonds is 6. The van der Waals surface area contributed by atoms with Crippen molar-refractivity contribution in [1.82, 2.24) is 4.31 Å². The highest BCUT2D eigenvalue weighted by atomic mass is 32.2. The van der Waals surface area contributed by atoms with Crippen molar-refractivity contribution in [3.63, 3.8) is 0 Å². The molecule has 0 amide bonds. The fourth-order valence-corrected chi connectivity index (χ4v) is 4.82. The number of thiophene rings is 1. The Bertz CT molecular complexity index is 560. The average molecular weight is 303 g/mol. The molecule has 0 atom stereocenters. The van der Waals surface area contributed by atoms with E-state index in [4.69, 9.17) is 4.74 Å². The molecule has 0 saturated heterocycles. The maximum absolute atomic E-state index is 12.5. The van der Waals surface area contributed by atoms with Crippen LogP contribution in [0.1, 0.15) is 24.6 Å². The lowest BCUT2D eigenvalue weighted by Gasteiger charge is -2.19. The van der Waals surface area contributed by atoms with Gasteiger partial charge in [-0.05, 0) is 38.8 Å². The zero-order chi connectivity index (χ0) is 14.0. The number of esters is 1. The van der Waals surface area contributed by atoms with Gasteiger partial charge in [-0.15, -0.1) is 11.3 Å². The minimum absolute atomic E-state index is 0.0585. The third-order valence-electron chi connectivity index (χ3n) is 2.82. The van der Waals surface area contributed by atoms with Crippen molar-refractivity contribution in [3.8, 4) is 0 Å². The number of hydrogen-bond donors (Lipinski definition) is 0. The predicted molar refractivity (Wildman–Crippen MR) is 72.6 cm³/mol. The van der Waals surface area contributed by atoms with Crippen molar-refractivity contribution < 1.29 is 17.9 Å². The van der Waals surface area contributed by atoms with E-state index in [1.807, 2.05) is 6.92 Å². The van der Waals surface area contributed by atoms with Crippen LogP contribution in [0.15, 0.2) is 16.3 Å². The molecular weight excluding hydrogens is 286 g/mol. The minimum atomic E-state index is -3.58. The van der Waals surface area contributed by atoms with Crippen molar-refractivity contribution in [3.05, 3.63) is 17.0 Å². The Hall–Kier alpha value is -0.920.